The summed E-state index contributed by atoms with van der Waals surface area (Å²) in [5.41, 5.74) is 0.500. The van der Waals surface area contributed by atoms with Gasteiger partial charge in [0.15, 0.2) is 0 Å². The quantitative estimate of drug-likeness (QED) is 0.696. The zero-order valence-electron chi connectivity index (χ0n) is 10.3. The maximum Gasteiger partial charge on any atom is 0.0511 e. The minimum Gasteiger partial charge on any atom is -0.381 e. The Balaban J connectivity index is 2.17. The van der Waals surface area contributed by atoms with Crippen LogP contribution in [0.25, 0.3) is 0 Å². The molecule has 0 amide bonds. The van der Waals surface area contributed by atoms with Gasteiger partial charge in [-0.1, -0.05) is 20.3 Å². The van der Waals surface area contributed by atoms with Crippen LogP contribution in [0.4, 0.5) is 0 Å². The molecule has 0 radical (unpaired) electrons. The van der Waals surface area contributed by atoms with Gasteiger partial charge >= 0.3 is 0 Å². The van der Waals surface area contributed by atoms with Gasteiger partial charge in [-0.25, -0.2) is 0 Å². The number of hydrogen-bond donors (Lipinski definition) is 0. The monoisotopic (exact) mass is 211 g/mol. The summed E-state index contributed by atoms with van der Waals surface area (Å²) in [6.07, 6.45) is 6.76. The molecular weight excluding hydrogens is 186 g/mol. The van der Waals surface area contributed by atoms with Crippen molar-refractivity contribution < 1.29 is 4.74 Å². The Morgan fingerprint density at radius 3 is 2.87 bits per heavy atom. The molecule has 2 saturated heterocycles. The van der Waals surface area contributed by atoms with Crippen molar-refractivity contribution in [3.8, 4) is 0 Å². The molecule has 2 aliphatic heterocycles. The normalized spacial score (nSPS) is 38.4. The highest BCUT2D eigenvalue weighted by Crippen LogP contribution is 2.41. The second-order valence-electron chi connectivity index (χ2n) is 5.07. The summed E-state index contributed by atoms with van der Waals surface area (Å²) < 4.78 is 5.67. The summed E-state index contributed by atoms with van der Waals surface area (Å²) in [5.74, 6) is 0.770. The summed E-state index contributed by atoms with van der Waals surface area (Å²) in [7, 11) is 0. The average Bonchev–Trinajstić information content (AvgIpc) is 2.30. The van der Waals surface area contributed by atoms with Crippen molar-refractivity contribution in [2.45, 2.75) is 51.5 Å². The van der Waals surface area contributed by atoms with Gasteiger partial charge < -0.3 is 4.74 Å². The van der Waals surface area contributed by atoms with Crippen LogP contribution in [0.5, 0.6) is 0 Å². The van der Waals surface area contributed by atoms with Crippen LogP contribution >= 0.6 is 0 Å². The minimum absolute atomic E-state index is 0.500. The van der Waals surface area contributed by atoms with E-state index < -0.39 is 0 Å². The third kappa shape index (κ3) is 1.94. The lowest BCUT2D eigenvalue weighted by Crippen LogP contribution is -2.59. The van der Waals surface area contributed by atoms with Crippen molar-refractivity contribution in [1.29, 1.82) is 0 Å². The number of nitrogens with zero attached hydrogens (tertiary/aromatic N) is 1. The van der Waals surface area contributed by atoms with Crippen LogP contribution < -0.4 is 0 Å². The summed E-state index contributed by atoms with van der Waals surface area (Å²) in [6.45, 7) is 9.14. The van der Waals surface area contributed by atoms with Crippen LogP contribution in [0.2, 0.25) is 0 Å². The first-order valence-corrected chi connectivity index (χ1v) is 6.66. The predicted molar refractivity (Wildman–Crippen MR) is 63.0 cm³/mol. The first kappa shape index (κ1) is 11.4. The molecule has 2 nitrogen and oxygen atoms in total. The predicted octanol–water partition coefficient (Wildman–Crippen LogP) is 2.68. The van der Waals surface area contributed by atoms with Crippen LogP contribution in [0, 0.1) is 5.92 Å². The van der Waals surface area contributed by atoms with Crippen molar-refractivity contribution in [1.82, 2.24) is 4.90 Å². The van der Waals surface area contributed by atoms with Gasteiger partial charge in [0.05, 0.1) is 6.61 Å². The molecule has 0 aliphatic carbocycles. The summed E-state index contributed by atoms with van der Waals surface area (Å²) in [4.78, 5) is 2.74. The van der Waals surface area contributed by atoms with Gasteiger partial charge in [0, 0.05) is 18.1 Å². The third-order valence-corrected chi connectivity index (χ3v) is 4.55. The van der Waals surface area contributed by atoms with E-state index in [1.807, 2.05) is 0 Å². The van der Waals surface area contributed by atoms with E-state index in [-0.39, 0.29) is 0 Å². The highest BCUT2D eigenvalue weighted by molar-refractivity contribution is 4.99. The van der Waals surface area contributed by atoms with E-state index in [0.29, 0.717) is 5.54 Å². The van der Waals surface area contributed by atoms with Gasteiger partial charge in [-0.2, -0.15) is 0 Å². The van der Waals surface area contributed by atoms with Crippen LogP contribution in [0.15, 0.2) is 0 Å². The first-order valence-electron chi connectivity index (χ1n) is 6.66. The highest BCUT2D eigenvalue weighted by atomic mass is 16.5. The fourth-order valence-electron chi connectivity index (χ4n) is 3.66. The molecule has 0 aromatic carbocycles. The maximum absolute atomic E-state index is 5.67. The fraction of sp³-hybridized carbons (Fsp3) is 1.00. The highest BCUT2D eigenvalue weighted by Gasteiger charge is 2.45. The summed E-state index contributed by atoms with van der Waals surface area (Å²) in [5, 5.41) is 0. The Labute approximate surface area is 94.0 Å². The van der Waals surface area contributed by atoms with E-state index in [0.717, 1.165) is 19.1 Å². The van der Waals surface area contributed by atoms with Crippen molar-refractivity contribution in [2.24, 2.45) is 5.92 Å². The topological polar surface area (TPSA) is 12.5 Å². The third-order valence-electron chi connectivity index (χ3n) is 4.55. The molecule has 15 heavy (non-hydrogen) atoms. The number of hydrogen-bond acceptors (Lipinski definition) is 2. The molecule has 0 aromatic heterocycles. The number of rotatable bonds is 2. The molecule has 1 spiro atoms. The van der Waals surface area contributed by atoms with Crippen molar-refractivity contribution in [2.75, 3.05) is 26.3 Å². The van der Waals surface area contributed by atoms with E-state index in [1.54, 1.807) is 0 Å². The van der Waals surface area contributed by atoms with Crippen LogP contribution in [-0.2, 0) is 4.74 Å². The first-order chi connectivity index (χ1) is 7.33. The van der Waals surface area contributed by atoms with Crippen LogP contribution in [0.3, 0.4) is 0 Å². The molecule has 0 saturated carbocycles. The molecule has 2 rings (SSSR count). The Hall–Kier alpha value is -0.0800. The largest absolute Gasteiger partial charge is 0.381 e. The molecule has 0 aromatic rings. The molecule has 2 aliphatic rings. The second kappa shape index (κ2) is 4.84. The molecule has 2 atom stereocenters. The van der Waals surface area contributed by atoms with Gasteiger partial charge in [0.25, 0.3) is 0 Å². The summed E-state index contributed by atoms with van der Waals surface area (Å²) in [6, 6.07) is 0. The van der Waals surface area contributed by atoms with Gasteiger partial charge in [-0.05, 0) is 38.8 Å². The van der Waals surface area contributed by atoms with E-state index in [4.69, 9.17) is 4.74 Å². The van der Waals surface area contributed by atoms with Gasteiger partial charge in [0.2, 0.25) is 0 Å². The second-order valence-corrected chi connectivity index (χ2v) is 5.07. The van der Waals surface area contributed by atoms with Crippen LogP contribution in [-0.4, -0.2) is 36.7 Å². The molecule has 0 bridgehead atoms. The number of likely N-dealkylation sites (tertiary alicyclic amines) is 1. The minimum atomic E-state index is 0.500. The fourth-order valence-corrected chi connectivity index (χ4v) is 3.66. The Morgan fingerprint density at radius 1 is 1.27 bits per heavy atom. The zero-order valence-corrected chi connectivity index (χ0v) is 10.3. The lowest BCUT2D eigenvalue weighted by molar-refractivity contribution is -0.0937. The Bertz CT molecular complexity index is 183. The Morgan fingerprint density at radius 2 is 2.13 bits per heavy atom. The van der Waals surface area contributed by atoms with Gasteiger partial charge in [-0.3, -0.25) is 4.90 Å². The molecule has 2 fully saturated rings. The summed E-state index contributed by atoms with van der Waals surface area (Å²) >= 11 is 0. The average molecular weight is 211 g/mol. The van der Waals surface area contributed by atoms with Crippen molar-refractivity contribution in [3.05, 3.63) is 0 Å². The van der Waals surface area contributed by atoms with Crippen molar-refractivity contribution in [3.63, 3.8) is 0 Å². The van der Waals surface area contributed by atoms with E-state index in [2.05, 4.69) is 18.7 Å². The van der Waals surface area contributed by atoms with E-state index >= 15 is 0 Å². The molecule has 2 heterocycles. The van der Waals surface area contributed by atoms with Crippen LogP contribution in [0.1, 0.15) is 46.0 Å². The van der Waals surface area contributed by atoms with Gasteiger partial charge in [-0.15, -0.1) is 0 Å². The molecular formula is C13H25NO. The smallest absolute Gasteiger partial charge is 0.0511 e. The van der Waals surface area contributed by atoms with Gasteiger partial charge in [0.1, 0.15) is 0 Å². The maximum atomic E-state index is 5.67. The lowest BCUT2D eigenvalue weighted by atomic mass is 9.72. The molecule has 2 heteroatoms. The van der Waals surface area contributed by atoms with E-state index in [1.165, 1.54) is 45.2 Å². The Kier molecular flexibility index (Phi) is 3.68. The standard InChI is InChI=1S/C13H25NO/c1-3-12-11-15-10-8-13(12)7-5-6-9-14(13)4-2/h12H,3-11H2,1-2H3/t12-,13+/m0/s1. The SMILES string of the molecule is CC[C@H]1COCC[C@]12CCCCN2CC. The molecule has 88 valence electrons. The molecule has 0 N–H and O–H groups in total. The number of ether oxygens (including phenoxy) is 1. The molecule has 0 unspecified atom stereocenters. The number of piperidine rings is 1. The zero-order chi connectivity index (χ0) is 10.7. The van der Waals surface area contributed by atoms with Crippen molar-refractivity contribution >= 4 is 0 Å². The lowest BCUT2D eigenvalue weighted by Gasteiger charge is -2.53. The van der Waals surface area contributed by atoms with E-state index in [9.17, 15) is 0 Å².